The highest BCUT2D eigenvalue weighted by atomic mass is 35.7. The van der Waals surface area contributed by atoms with E-state index in [1.54, 1.807) is 0 Å². The summed E-state index contributed by atoms with van der Waals surface area (Å²) in [5, 5.41) is 19.0. The van der Waals surface area contributed by atoms with Crippen molar-refractivity contribution in [1.82, 2.24) is 0 Å². The van der Waals surface area contributed by atoms with Crippen molar-refractivity contribution in [3.63, 3.8) is 0 Å². The molecule has 0 unspecified atom stereocenters. The van der Waals surface area contributed by atoms with Gasteiger partial charge < -0.3 is 5.11 Å². The Morgan fingerprint density at radius 1 is 1.50 bits per heavy atom. The predicted molar refractivity (Wildman–Crippen MR) is 60.1 cm³/mol. The molecule has 9 heteroatoms. The Morgan fingerprint density at radius 2 is 2.11 bits per heavy atom. The molecule has 0 aliphatic rings. The Morgan fingerprint density at radius 3 is 2.56 bits per heavy atom. The van der Waals surface area contributed by atoms with E-state index in [1.165, 1.54) is 0 Å². The smallest absolute Gasteiger partial charge is 0.272 e. The maximum atomic E-state index is 13.7. The van der Waals surface area contributed by atoms with E-state index in [1.807, 2.05) is 0 Å². The summed E-state index contributed by atoms with van der Waals surface area (Å²) in [7, 11) is 0.484. The standard InChI is InChI=1S/C9H5ClFNO5S/c10-18(16,17)8-5-7(12(14)15)4-6(9(8)11)2-1-3-13/h4-5,13H,3H2. The molecule has 1 N–H and O–H groups in total. The van der Waals surface area contributed by atoms with E-state index in [4.69, 9.17) is 15.8 Å². The number of aliphatic hydroxyl groups is 1. The zero-order valence-corrected chi connectivity index (χ0v) is 10.1. The Kier molecular flexibility index (Phi) is 4.24. The van der Waals surface area contributed by atoms with Crippen molar-refractivity contribution in [2.45, 2.75) is 4.90 Å². The normalized spacial score (nSPS) is 10.6. The molecule has 0 aliphatic heterocycles. The molecule has 0 aliphatic carbocycles. The van der Waals surface area contributed by atoms with Crippen LogP contribution in [0.4, 0.5) is 10.1 Å². The van der Waals surface area contributed by atoms with E-state index in [0.717, 1.165) is 6.07 Å². The molecular formula is C9H5ClFNO5S. The van der Waals surface area contributed by atoms with Gasteiger partial charge in [0.15, 0.2) is 5.82 Å². The summed E-state index contributed by atoms with van der Waals surface area (Å²) in [4.78, 5) is 8.63. The Hall–Kier alpha value is -1.69. The lowest BCUT2D eigenvalue weighted by Crippen LogP contribution is -2.01. The number of nitrogens with zero attached hydrogens (tertiary/aromatic N) is 1. The van der Waals surface area contributed by atoms with Gasteiger partial charge in [-0.3, -0.25) is 10.1 Å². The Bertz CT molecular complexity index is 662. The van der Waals surface area contributed by atoms with Crippen molar-refractivity contribution in [3.8, 4) is 11.8 Å². The first-order valence-corrected chi connectivity index (χ1v) is 6.60. The average Bonchev–Trinajstić information content (AvgIpc) is 2.25. The Labute approximate surface area is 106 Å². The molecule has 1 rings (SSSR count). The molecule has 0 saturated carbocycles. The number of aliphatic hydroxyl groups excluding tert-OH is 1. The molecule has 0 aromatic heterocycles. The quantitative estimate of drug-likeness (QED) is 0.380. The van der Waals surface area contributed by atoms with E-state index < -0.39 is 42.5 Å². The summed E-state index contributed by atoms with van der Waals surface area (Å²) in [5.74, 6) is 2.83. The third kappa shape index (κ3) is 3.16. The maximum absolute atomic E-state index is 13.7. The molecule has 0 atom stereocenters. The highest BCUT2D eigenvalue weighted by Gasteiger charge is 2.23. The molecular weight excluding hydrogens is 289 g/mol. The Balaban J connectivity index is 3.63. The van der Waals surface area contributed by atoms with Crippen LogP contribution in [-0.4, -0.2) is 25.1 Å². The van der Waals surface area contributed by atoms with Gasteiger partial charge in [-0.2, -0.15) is 0 Å². The summed E-state index contributed by atoms with van der Waals surface area (Å²) in [6.45, 7) is -0.606. The molecule has 18 heavy (non-hydrogen) atoms. The lowest BCUT2D eigenvalue weighted by Gasteiger charge is -2.01. The molecule has 0 amide bonds. The number of non-ortho nitro benzene ring substituents is 1. The first-order chi connectivity index (χ1) is 8.27. The lowest BCUT2D eigenvalue weighted by molar-refractivity contribution is -0.385. The predicted octanol–water partition coefficient (Wildman–Crippen LogP) is 1.01. The molecule has 0 radical (unpaired) electrons. The highest BCUT2D eigenvalue weighted by Crippen LogP contribution is 2.27. The van der Waals surface area contributed by atoms with Gasteiger partial charge in [0, 0.05) is 22.8 Å². The van der Waals surface area contributed by atoms with Crippen molar-refractivity contribution in [1.29, 1.82) is 0 Å². The fraction of sp³-hybridized carbons (Fsp3) is 0.111. The number of hydrogen-bond donors (Lipinski definition) is 1. The van der Waals surface area contributed by atoms with Gasteiger partial charge in [0.2, 0.25) is 0 Å². The van der Waals surface area contributed by atoms with Crippen LogP contribution in [0.3, 0.4) is 0 Å². The molecule has 1 aromatic rings. The monoisotopic (exact) mass is 293 g/mol. The van der Waals surface area contributed by atoms with E-state index in [-0.39, 0.29) is 0 Å². The van der Waals surface area contributed by atoms with Gasteiger partial charge in [-0.05, 0) is 0 Å². The first-order valence-electron chi connectivity index (χ1n) is 4.29. The third-order valence-electron chi connectivity index (χ3n) is 1.80. The molecule has 1 aromatic carbocycles. The van der Waals surface area contributed by atoms with E-state index >= 15 is 0 Å². The van der Waals surface area contributed by atoms with Crippen molar-refractivity contribution >= 4 is 25.4 Å². The largest absolute Gasteiger partial charge is 0.384 e. The van der Waals surface area contributed by atoms with Crippen LogP contribution in [0.5, 0.6) is 0 Å². The van der Waals surface area contributed by atoms with Gasteiger partial charge in [0.1, 0.15) is 11.5 Å². The highest BCUT2D eigenvalue weighted by molar-refractivity contribution is 8.13. The summed E-state index contributed by atoms with van der Waals surface area (Å²) in [6, 6.07) is 1.26. The number of benzene rings is 1. The van der Waals surface area contributed by atoms with Gasteiger partial charge >= 0.3 is 0 Å². The summed E-state index contributed by atoms with van der Waals surface area (Å²) < 4.78 is 35.8. The van der Waals surface area contributed by atoms with Gasteiger partial charge in [-0.15, -0.1) is 0 Å². The van der Waals surface area contributed by atoms with Crippen molar-refractivity contribution in [2.75, 3.05) is 6.61 Å². The number of halogens is 2. The molecule has 0 heterocycles. The number of rotatable bonds is 2. The number of hydrogen-bond acceptors (Lipinski definition) is 5. The van der Waals surface area contributed by atoms with Gasteiger partial charge in [0.25, 0.3) is 14.7 Å². The second-order valence-corrected chi connectivity index (χ2v) is 5.49. The van der Waals surface area contributed by atoms with Crippen LogP contribution >= 0.6 is 10.7 Å². The topological polar surface area (TPSA) is 97.5 Å². The van der Waals surface area contributed by atoms with E-state index in [2.05, 4.69) is 11.8 Å². The summed E-state index contributed by atoms with van der Waals surface area (Å²) in [6.07, 6.45) is 0. The third-order valence-corrected chi connectivity index (χ3v) is 3.12. The molecule has 0 spiro atoms. The van der Waals surface area contributed by atoms with Crippen molar-refractivity contribution in [3.05, 3.63) is 33.6 Å². The summed E-state index contributed by atoms with van der Waals surface area (Å²) in [5.41, 5.74) is -1.20. The van der Waals surface area contributed by atoms with Gasteiger partial charge in [-0.25, -0.2) is 12.8 Å². The lowest BCUT2D eigenvalue weighted by atomic mass is 10.2. The molecule has 0 saturated heterocycles. The summed E-state index contributed by atoms with van der Waals surface area (Å²) >= 11 is 0. The zero-order chi connectivity index (χ0) is 13.9. The van der Waals surface area contributed by atoms with Crippen LogP contribution in [0.25, 0.3) is 0 Å². The SMILES string of the molecule is O=[N+]([O-])c1cc(C#CCO)c(F)c(S(=O)(=O)Cl)c1. The van der Waals surface area contributed by atoms with Crippen LogP contribution in [0.2, 0.25) is 0 Å². The second-order valence-electron chi connectivity index (χ2n) is 2.96. The molecule has 96 valence electrons. The van der Waals surface area contributed by atoms with Crippen LogP contribution in [0.15, 0.2) is 17.0 Å². The molecule has 0 bridgehead atoms. The minimum Gasteiger partial charge on any atom is -0.384 e. The zero-order valence-electron chi connectivity index (χ0n) is 8.55. The first kappa shape index (κ1) is 14.4. The number of nitro benzene ring substituents is 1. The maximum Gasteiger partial charge on any atom is 0.272 e. The van der Waals surface area contributed by atoms with Crippen LogP contribution < -0.4 is 0 Å². The van der Waals surface area contributed by atoms with Crippen LogP contribution in [-0.2, 0) is 9.05 Å². The number of nitro groups is 1. The minimum absolute atomic E-state index is 0.502. The van der Waals surface area contributed by atoms with Crippen molar-refractivity contribution in [2.24, 2.45) is 0 Å². The minimum atomic E-state index is -4.47. The molecule has 0 fully saturated rings. The van der Waals surface area contributed by atoms with E-state index in [9.17, 15) is 22.9 Å². The average molecular weight is 294 g/mol. The molecule has 6 nitrogen and oxygen atoms in total. The van der Waals surface area contributed by atoms with Crippen LogP contribution in [0, 0.1) is 27.8 Å². The fourth-order valence-electron chi connectivity index (χ4n) is 1.09. The fourth-order valence-corrected chi connectivity index (χ4v) is 2.01. The van der Waals surface area contributed by atoms with E-state index in [0.29, 0.717) is 6.07 Å². The van der Waals surface area contributed by atoms with Gasteiger partial charge in [0.05, 0.1) is 10.5 Å². The van der Waals surface area contributed by atoms with Crippen molar-refractivity contribution < 1.29 is 22.8 Å². The van der Waals surface area contributed by atoms with Crippen LogP contribution in [0.1, 0.15) is 5.56 Å². The second kappa shape index (κ2) is 5.30. The van der Waals surface area contributed by atoms with Gasteiger partial charge in [-0.1, -0.05) is 11.8 Å².